The first-order chi connectivity index (χ1) is 8.11. The van der Waals surface area contributed by atoms with Crippen LogP contribution in [-0.4, -0.2) is 5.11 Å². The van der Waals surface area contributed by atoms with Gasteiger partial charge in [-0.2, -0.15) is 0 Å². The van der Waals surface area contributed by atoms with Gasteiger partial charge in [0.1, 0.15) is 6.10 Å². The molecule has 2 aromatic rings. The van der Waals surface area contributed by atoms with Gasteiger partial charge < -0.3 is 5.11 Å². The highest BCUT2D eigenvalue weighted by molar-refractivity contribution is 9.10. The van der Waals surface area contributed by atoms with Crippen LogP contribution in [0.2, 0.25) is 0 Å². The molecule has 1 heterocycles. The average Bonchev–Trinajstić information content (AvgIpc) is 2.76. The van der Waals surface area contributed by atoms with Gasteiger partial charge in [0.25, 0.3) is 0 Å². The Bertz CT molecular complexity index is 519. The van der Waals surface area contributed by atoms with Gasteiger partial charge in [0, 0.05) is 14.2 Å². The van der Waals surface area contributed by atoms with Crippen LogP contribution in [0.3, 0.4) is 0 Å². The van der Waals surface area contributed by atoms with Crippen LogP contribution >= 0.6 is 27.3 Å². The first-order valence-corrected chi connectivity index (χ1v) is 7.25. The van der Waals surface area contributed by atoms with Gasteiger partial charge in [-0.1, -0.05) is 28.9 Å². The molecule has 0 saturated heterocycles. The third-order valence-electron chi connectivity index (χ3n) is 2.83. The minimum absolute atomic E-state index is 0.506. The van der Waals surface area contributed by atoms with E-state index in [1.807, 2.05) is 31.2 Å². The lowest BCUT2D eigenvalue weighted by atomic mass is 10.0. The van der Waals surface area contributed by atoms with Gasteiger partial charge in [0.05, 0.1) is 0 Å². The van der Waals surface area contributed by atoms with Crippen molar-refractivity contribution >= 4 is 27.3 Å². The first kappa shape index (κ1) is 12.8. The standard InChI is InChI=1S/C14H15BrOS/c1-3-11-5-7-13(17-11)14(16)12-6-4-10(15)8-9(12)2/h4-8,14,16H,3H2,1-2H3. The maximum atomic E-state index is 10.4. The zero-order chi connectivity index (χ0) is 12.4. The van der Waals surface area contributed by atoms with E-state index in [4.69, 9.17) is 0 Å². The van der Waals surface area contributed by atoms with Crippen molar-refractivity contribution in [3.05, 3.63) is 55.7 Å². The number of hydrogen-bond donors (Lipinski definition) is 1. The molecular formula is C14H15BrOS. The second kappa shape index (κ2) is 5.34. The largest absolute Gasteiger partial charge is 0.383 e. The van der Waals surface area contributed by atoms with Crippen molar-refractivity contribution in [2.45, 2.75) is 26.4 Å². The molecule has 0 aliphatic carbocycles. The van der Waals surface area contributed by atoms with E-state index in [0.717, 1.165) is 26.9 Å². The van der Waals surface area contributed by atoms with Crippen LogP contribution in [0.5, 0.6) is 0 Å². The minimum atomic E-state index is -0.506. The van der Waals surface area contributed by atoms with Gasteiger partial charge in [0.2, 0.25) is 0 Å². The van der Waals surface area contributed by atoms with E-state index in [9.17, 15) is 5.11 Å². The summed E-state index contributed by atoms with van der Waals surface area (Å²) in [6.07, 6.45) is 0.518. The predicted molar refractivity (Wildman–Crippen MR) is 76.6 cm³/mol. The van der Waals surface area contributed by atoms with Crippen LogP contribution in [0, 0.1) is 6.92 Å². The molecule has 17 heavy (non-hydrogen) atoms. The zero-order valence-electron chi connectivity index (χ0n) is 9.90. The molecule has 0 fully saturated rings. The van der Waals surface area contributed by atoms with Crippen molar-refractivity contribution in [3.8, 4) is 0 Å². The summed E-state index contributed by atoms with van der Waals surface area (Å²) in [6.45, 7) is 4.16. The third kappa shape index (κ3) is 2.79. The molecule has 1 atom stereocenters. The Labute approximate surface area is 114 Å². The number of rotatable bonds is 3. The summed E-state index contributed by atoms with van der Waals surface area (Å²) in [4.78, 5) is 2.33. The molecule has 0 aliphatic rings. The van der Waals surface area contributed by atoms with Crippen molar-refractivity contribution in [3.63, 3.8) is 0 Å². The summed E-state index contributed by atoms with van der Waals surface area (Å²) in [5, 5.41) is 10.4. The molecule has 1 aromatic heterocycles. The van der Waals surface area contributed by atoms with Crippen LogP contribution in [0.4, 0.5) is 0 Å². The lowest BCUT2D eigenvalue weighted by Gasteiger charge is -2.12. The molecular weight excluding hydrogens is 296 g/mol. The maximum absolute atomic E-state index is 10.4. The second-order valence-corrected chi connectivity index (χ2v) is 6.18. The highest BCUT2D eigenvalue weighted by Gasteiger charge is 2.14. The Morgan fingerprint density at radius 2 is 2.06 bits per heavy atom. The highest BCUT2D eigenvalue weighted by atomic mass is 79.9. The van der Waals surface area contributed by atoms with Gasteiger partial charge >= 0.3 is 0 Å². The summed E-state index contributed by atoms with van der Waals surface area (Å²) >= 11 is 5.12. The van der Waals surface area contributed by atoms with E-state index in [1.165, 1.54) is 4.88 Å². The zero-order valence-corrected chi connectivity index (χ0v) is 12.3. The molecule has 1 aromatic carbocycles. The fraction of sp³-hybridized carbons (Fsp3) is 0.286. The van der Waals surface area contributed by atoms with Crippen LogP contribution in [-0.2, 0) is 6.42 Å². The SMILES string of the molecule is CCc1ccc(C(O)c2ccc(Br)cc2C)s1. The lowest BCUT2D eigenvalue weighted by molar-refractivity contribution is 0.223. The number of aryl methyl sites for hydroxylation is 2. The predicted octanol–water partition coefficient (Wildman–Crippen LogP) is 4.46. The molecule has 90 valence electrons. The molecule has 0 amide bonds. The normalized spacial score (nSPS) is 12.7. The Morgan fingerprint density at radius 1 is 1.29 bits per heavy atom. The van der Waals surface area contributed by atoms with Gasteiger partial charge in [-0.05, 0) is 48.7 Å². The lowest BCUT2D eigenvalue weighted by Crippen LogP contribution is -1.99. The van der Waals surface area contributed by atoms with Crippen LogP contribution in [0.25, 0.3) is 0 Å². The molecule has 0 bridgehead atoms. The highest BCUT2D eigenvalue weighted by Crippen LogP contribution is 2.31. The molecule has 0 saturated carbocycles. The van der Waals surface area contributed by atoms with E-state index < -0.39 is 6.10 Å². The number of hydrogen-bond acceptors (Lipinski definition) is 2. The smallest absolute Gasteiger partial charge is 0.113 e. The Balaban J connectivity index is 2.33. The van der Waals surface area contributed by atoms with E-state index in [1.54, 1.807) is 11.3 Å². The topological polar surface area (TPSA) is 20.2 Å². The summed E-state index contributed by atoms with van der Waals surface area (Å²) in [5.74, 6) is 0. The number of aliphatic hydroxyl groups is 1. The van der Waals surface area contributed by atoms with Crippen LogP contribution in [0.1, 0.15) is 33.9 Å². The Kier molecular flexibility index (Phi) is 4.02. The quantitative estimate of drug-likeness (QED) is 0.887. The van der Waals surface area contributed by atoms with Crippen molar-refractivity contribution in [1.82, 2.24) is 0 Å². The Morgan fingerprint density at radius 3 is 2.65 bits per heavy atom. The monoisotopic (exact) mass is 310 g/mol. The minimum Gasteiger partial charge on any atom is -0.383 e. The molecule has 1 nitrogen and oxygen atoms in total. The van der Waals surface area contributed by atoms with E-state index in [2.05, 4.69) is 28.9 Å². The fourth-order valence-corrected chi connectivity index (χ4v) is 3.26. The molecule has 3 heteroatoms. The Hall–Kier alpha value is -0.640. The van der Waals surface area contributed by atoms with Crippen molar-refractivity contribution in [2.75, 3.05) is 0 Å². The molecule has 2 rings (SSSR count). The molecule has 1 N–H and O–H groups in total. The summed E-state index contributed by atoms with van der Waals surface area (Å²) in [6, 6.07) is 10.1. The molecule has 0 spiro atoms. The molecule has 0 radical (unpaired) electrons. The van der Waals surface area contributed by atoms with E-state index >= 15 is 0 Å². The molecule has 0 aliphatic heterocycles. The number of halogens is 1. The van der Waals surface area contributed by atoms with Gasteiger partial charge in [0.15, 0.2) is 0 Å². The number of aliphatic hydroxyl groups excluding tert-OH is 1. The van der Waals surface area contributed by atoms with Gasteiger partial charge in [-0.15, -0.1) is 11.3 Å². The maximum Gasteiger partial charge on any atom is 0.113 e. The number of thiophene rings is 1. The summed E-state index contributed by atoms with van der Waals surface area (Å²) < 4.78 is 1.05. The fourth-order valence-electron chi connectivity index (χ4n) is 1.83. The van der Waals surface area contributed by atoms with E-state index in [0.29, 0.717) is 0 Å². The van der Waals surface area contributed by atoms with Crippen LogP contribution < -0.4 is 0 Å². The van der Waals surface area contributed by atoms with Crippen LogP contribution in [0.15, 0.2) is 34.8 Å². The third-order valence-corrected chi connectivity index (χ3v) is 4.60. The average molecular weight is 311 g/mol. The van der Waals surface area contributed by atoms with Gasteiger partial charge in [-0.3, -0.25) is 0 Å². The molecule has 1 unspecified atom stereocenters. The van der Waals surface area contributed by atoms with Crippen molar-refractivity contribution in [2.24, 2.45) is 0 Å². The first-order valence-electron chi connectivity index (χ1n) is 5.64. The summed E-state index contributed by atoms with van der Waals surface area (Å²) in [5.41, 5.74) is 2.09. The van der Waals surface area contributed by atoms with Gasteiger partial charge in [-0.25, -0.2) is 0 Å². The van der Waals surface area contributed by atoms with E-state index in [-0.39, 0.29) is 0 Å². The van der Waals surface area contributed by atoms with Crippen molar-refractivity contribution < 1.29 is 5.11 Å². The second-order valence-electron chi connectivity index (χ2n) is 4.06. The van der Waals surface area contributed by atoms with Crippen molar-refractivity contribution in [1.29, 1.82) is 0 Å². The summed E-state index contributed by atoms with van der Waals surface area (Å²) in [7, 11) is 0. The number of benzene rings is 1.